The number of benzene rings is 9. The molecule has 0 fully saturated rings. The van der Waals surface area contributed by atoms with E-state index in [1.807, 2.05) is 23.5 Å². The van der Waals surface area contributed by atoms with Gasteiger partial charge in [-0.2, -0.15) is 0 Å². The number of fused-ring (bicyclic) bond motifs is 13. The molecule has 12 rings (SSSR count). The minimum Gasteiger partial charge on any atom is -0.456 e. The van der Waals surface area contributed by atoms with Crippen molar-refractivity contribution in [2.24, 2.45) is 0 Å². The third-order valence-electron chi connectivity index (χ3n) is 11.0. The molecule has 0 bridgehead atoms. The molecule has 0 atom stereocenters. The quantitative estimate of drug-likeness (QED) is 0.182. The lowest BCUT2D eigenvalue weighted by Gasteiger charge is -2.26. The molecule has 0 radical (unpaired) electrons. The van der Waals surface area contributed by atoms with Crippen molar-refractivity contribution in [2.45, 2.75) is 0 Å². The maximum atomic E-state index is 6.63. The van der Waals surface area contributed by atoms with E-state index in [4.69, 9.17) is 8.83 Å². The minimum absolute atomic E-state index is 0.869. The van der Waals surface area contributed by atoms with E-state index in [-0.39, 0.29) is 0 Å². The first-order valence-corrected chi connectivity index (χ1v) is 19.1. The van der Waals surface area contributed by atoms with Gasteiger partial charge in [0, 0.05) is 59.8 Å². The van der Waals surface area contributed by atoms with Crippen LogP contribution < -0.4 is 4.90 Å². The molecule has 0 spiro atoms. The van der Waals surface area contributed by atoms with Gasteiger partial charge in [-0.1, -0.05) is 109 Å². The Balaban J connectivity index is 1.08. The van der Waals surface area contributed by atoms with Crippen molar-refractivity contribution in [2.75, 3.05) is 4.90 Å². The highest BCUT2D eigenvalue weighted by Crippen LogP contribution is 2.49. The SMILES string of the molecule is c1ccc2cc(-c3ccc(N(c4ccc5c(c4)oc4ccccc45)c4cccc5c4sc4ccc6oc7c8ccccc8ccc7c6c45)cc3)ccc2c1. The zero-order valence-corrected chi connectivity index (χ0v) is 29.7. The first-order valence-electron chi connectivity index (χ1n) is 18.2. The van der Waals surface area contributed by atoms with Gasteiger partial charge in [0.1, 0.15) is 22.3 Å². The van der Waals surface area contributed by atoms with Crippen LogP contribution in [0.1, 0.15) is 0 Å². The number of para-hydroxylation sites is 1. The summed E-state index contributed by atoms with van der Waals surface area (Å²) in [5.41, 5.74) is 9.23. The Labute approximate surface area is 313 Å². The highest BCUT2D eigenvalue weighted by atomic mass is 32.1. The van der Waals surface area contributed by atoms with Crippen LogP contribution in [0.4, 0.5) is 17.1 Å². The Kier molecular flexibility index (Phi) is 6.21. The molecule has 9 aromatic carbocycles. The molecule has 0 aliphatic carbocycles. The molecule has 0 N–H and O–H groups in total. The zero-order valence-electron chi connectivity index (χ0n) is 28.9. The predicted molar refractivity (Wildman–Crippen MR) is 229 cm³/mol. The summed E-state index contributed by atoms with van der Waals surface area (Å²) in [6, 6.07) is 63.0. The lowest BCUT2D eigenvalue weighted by molar-refractivity contribution is 0.669. The second kappa shape index (κ2) is 11.3. The fourth-order valence-electron chi connectivity index (χ4n) is 8.50. The van der Waals surface area contributed by atoms with E-state index >= 15 is 0 Å². The van der Waals surface area contributed by atoms with Crippen molar-refractivity contribution < 1.29 is 8.83 Å². The topological polar surface area (TPSA) is 29.5 Å². The lowest BCUT2D eigenvalue weighted by atomic mass is 10.0. The highest BCUT2D eigenvalue weighted by Gasteiger charge is 2.22. The first kappa shape index (κ1) is 29.7. The number of thiophene rings is 1. The predicted octanol–water partition coefficient (Wildman–Crippen LogP) is 15.3. The average Bonchev–Trinajstić information content (AvgIpc) is 3.92. The Hall–Kier alpha value is -6.88. The van der Waals surface area contributed by atoms with E-state index in [9.17, 15) is 0 Å². The molecule has 0 aliphatic heterocycles. The van der Waals surface area contributed by atoms with Gasteiger partial charge in [0.05, 0.1) is 10.4 Å². The summed E-state index contributed by atoms with van der Waals surface area (Å²) in [5.74, 6) is 0. The van der Waals surface area contributed by atoms with Gasteiger partial charge in [0.25, 0.3) is 0 Å². The van der Waals surface area contributed by atoms with Crippen LogP contribution in [0.5, 0.6) is 0 Å². The second-order valence-corrected chi connectivity index (χ2v) is 15.1. The Bertz CT molecular complexity index is 3460. The number of anilines is 3. The standard InChI is InChI=1S/C50H29NO2S/c1-2-10-33-28-34(17-16-30(33)8-1)31-18-21-35(22-19-31)51(36-23-25-39-38-12-5-6-15-43(38)52-45(39)29-36)42-14-7-13-41-48-46(54-50(41)42)27-26-44-47(48)40-24-20-32-9-3-4-11-37(32)49(40)53-44/h1-29H. The van der Waals surface area contributed by atoms with Crippen LogP contribution in [-0.2, 0) is 0 Å². The monoisotopic (exact) mass is 707 g/mol. The Morgan fingerprint density at radius 2 is 1.09 bits per heavy atom. The summed E-state index contributed by atoms with van der Waals surface area (Å²) < 4.78 is 15.5. The molecule has 3 nitrogen and oxygen atoms in total. The molecule has 0 saturated carbocycles. The number of hydrogen-bond donors (Lipinski definition) is 0. The number of rotatable bonds is 4. The van der Waals surface area contributed by atoms with Crippen molar-refractivity contribution in [3.8, 4) is 11.1 Å². The van der Waals surface area contributed by atoms with Crippen LogP contribution in [0.25, 0.3) is 96.7 Å². The van der Waals surface area contributed by atoms with Crippen LogP contribution in [-0.4, -0.2) is 0 Å². The van der Waals surface area contributed by atoms with Crippen LogP contribution in [0.3, 0.4) is 0 Å². The first-order chi connectivity index (χ1) is 26.7. The fourth-order valence-corrected chi connectivity index (χ4v) is 9.71. The van der Waals surface area contributed by atoms with Gasteiger partial charge in [-0.15, -0.1) is 11.3 Å². The van der Waals surface area contributed by atoms with E-state index in [2.05, 4.69) is 169 Å². The molecule has 0 aliphatic rings. The van der Waals surface area contributed by atoms with Gasteiger partial charge in [-0.05, 0) is 87.9 Å². The largest absolute Gasteiger partial charge is 0.456 e. The third-order valence-corrected chi connectivity index (χ3v) is 12.2. The molecular formula is C50H29NO2S. The van der Waals surface area contributed by atoms with Gasteiger partial charge in [-0.25, -0.2) is 0 Å². The van der Waals surface area contributed by atoms with E-state index in [1.54, 1.807) is 0 Å². The minimum atomic E-state index is 0.869. The highest BCUT2D eigenvalue weighted by molar-refractivity contribution is 7.26. The van der Waals surface area contributed by atoms with Crippen molar-refractivity contribution in [1.82, 2.24) is 0 Å². The molecule has 4 heteroatoms. The summed E-state index contributed by atoms with van der Waals surface area (Å²) >= 11 is 1.84. The molecular weight excluding hydrogens is 679 g/mol. The zero-order chi connectivity index (χ0) is 35.3. The van der Waals surface area contributed by atoms with Crippen LogP contribution in [0.2, 0.25) is 0 Å². The van der Waals surface area contributed by atoms with Crippen molar-refractivity contribution in [3.05, 3.63) is 176 Å². The molecule has 0 amide bonds. The molecule has 0 unspecified atom stereocenters. The van der Waals surface area contributed by atoms with E-state index < -0.39 is 0 Å². The lowest BCUT2D eigenvalue weighted by Crippen LogP contribution is -2.10. The Morgan fingerprint density at radius 3 is 2.00 bits per heavy atom. The van der Waals surface area contributed by atoms with Crippen molar-refractivity contribution >= 4 is 114 Å². The van der Waals surface area contributed by atoms with Crippen molar-refractivity contribution in [3.63, 3.8) is 0 Å². The van der Waals surface area contributed by atoms with Crippen LogP contribution in [0.15, 0.2) is 185 Å². The fraction of sp³-hybridized carbons (Fsp3) is 0. The van der Waals surface area contributed by atoms with Gasteiger partial charge in [0.15, 0.2) is 0 Å². The Morgan fingerprint density at radius 1 is 0.389 bits per heavy atom. The van der Waals surface area contributed by atoms with Crippen LogP contribution >= 0.6 is 11.3 Å². The van der Waals surface area contributed by atoms with Crippen LogP contribution in [0, 0.1) is 0 Å². The molecule has 54 heavy (non-hydrogen) atoms. The van der Waals surface area contributed by atoms with Gasteiger partial charge < -0.3 is 13.7 Å². The van der Waals surface area contributed by atoms with E-state index in [0.717, 1.165) is 60.9 Å². The smallest absolute Gasteiger partial charge is 0.143 e. The molecule has 12 aromatic rings. The van der Waals surface area contributed by atoms with Crippen molar-refractivity contribution in [1.29, 1.82) is 0 Å². The third kappa shape index (κ3) is 4.35. The molecule has 252 valence electrons. The van der Waals surface area contributed by atoms with E-state index in [1.165, 1.54) is 52.8 Å². The summed E-state index contributed by atoms with van der Waals surface area (Å²) in [7, 11) is 0. The van der Waals surface area contributed by atoms with Gasteiger partial charge in [0.2, 0.25) is 0 Å². The number of furan rings is 2. The number of hydrogen-bond acceptors (Lipinski definition) is 4. The summed E-state index contributed by atoms with van der Waals surface area (Å²) in [6.07, 6.45) is 0. The summed E-state index contributed by atoms with van der Waals surface area (Å²) in [6.45, 7) is 0. The summed E-state index contributed by atoms with van der Waals surface area (Å²) in [4.78, 5) is 2.38. The van der Waals surface area contributed by atoms with E-state index in [0.29, 0.717) is 0 Å². The summed E-state index contributed by atoms with van der Waals surface area (Å²) in [5, 5.41) is 11.8. The molecule has 3 heterocycles. The van der Waals surface area contributed by atoms with Gasteiger partial charge >= 0.3 is 0 Å². The molecule has 0 saturated heterocycles. The maximum Gasteiger partial charge on any atom is 0.143 e. The van der Waals surface area contributed by atoms with Gasteiger partial charge in [-0.3, -0.25) is 0 Å². The maximum absolute atomic E-state index is 6.63. The second-order valence-electron chi connectivity index (χ2n) is 14.1. The molecule has 3 aromatic heterocycles. The normalized spacial score (nSPS) is 12.1. The average molecular weight is 708 g/mol. The number of nitrogens with zero attached hydrogens (tertiary/aromatic N) is 1.